The molecule has 20 heavy (non-hydrogen) atoms. The topological polar surface area (TPSA) is 12.4 Å². The van der Waals surface area contributed by atoms with Crippen LogP contribution < -0.4 is 0 Å². The zero-order valence-electron chi connectivity index (χ0n) is 12.6. The first-order valence-electron chi connectivity index (χ1n) is 6.82. The van der Waals surface area contributed by atoms with E-state index in [0.717, 1.165) is 11.3 Å². The third-order valence-electron chi connectivity index (χ3n) is 2.70. The van der Waals surface area contributed by atoms with Gasteiger partial charge in [-0.25, -0.2) is 0 Å². The molecule has 0 aliphatic rings. The van der Waals surface area contributed by atoms with Gasteiger partial charge in [-0.15, -0.1) is 0 Å². The van der Waals surface area contributed by atoms with Gasteiger partial charge >= 0.3 is 0 Å². The summed E-state index contributed by atoms with van der Waals surface area (Å²) in [6.45, 7) is 9.18. The summed E-state index contributed by atoms with van der Waals surface area (Å²) >= 11 is 2.01. The van der Waals surface area contributed by atoms with Crippen LogP contribution in [0.1, 0.15) is 11.1 Å². The minimum atomic E-state index is -1.11. The highest BCUT2D eigenvalue weighted by atomic mass is 32.4. The summed E-state index contributed by atoms with van der Waals surface area (Å²) in [6, 6.07) is 16.9. The maximum absolute atomic E-state index is 4.52. The third kappa shape index (κ3) is 4.98. The van der Waals surface area contributed by atoms with E-state index in [1.54, 1.807) is 0 Å². The molecule has 0 fully saturated rings. The maximum Gasteiger partial charge on any atom is 0.114 e. The van der Waals surface area contributed by atoms with E-state index in [1.165, 1.54) is 10.5 Å². The highest BCUT2D eigenvalue weighted by Crippen LogP contribution is 2.30. The van der Waals surface area contributed by atoms with Crippen molar-refractivity contribution in [2.75, 3.05) is 0 Å². The number of nitrogens with zero attached hydrogens (tertiary/aromatic N) is 1. The number of hydrogen-bond acceptors (Lipinski definition) is 2. The van der Waals surface area contributed by atoms with Crippen LogP contribution in [-0.4, -0.2) is 13.4 Å². The zero-order valence-corrected chi connectivity index (χ0v) is 14.4. The third-order valence-corrected chi connectivity index (χ3v) is 6.37. The molecule has 0 saturated heterocycles. The maximum atomic E-state index is 4.52. The van der Waals surface area contributed by atoms with Crippen LogP contribution in [0.3, 0.4) is 0 Å². The quantitative estimate of drug-likeness (QED) is 0.523. The second-order valence-corrected chi connectivity index (χ2v) is 15.1. The molecular weight excluding hydrogens is 278 g/mol. The average Bonchev–Trinajstić information content (AvgIpc) is 2.38. The number of hydrogen-bond donors (Lipinski definition) is 0. The fourth-order valence-corrected chi connectivity index (χ4v) is 5.26. The van der Waals surface area contributed by atoms with Crippen LogP contribution in [0.25, 0.3) is 0 Å². The molecule has 0 amide bonds. The van der Waals surface area contributed by atoms with E-state index in [1.807, 2.05) is 17.4 Å². The molecule has 0 bridgehead atoms. The van der Waals surface area contributed by atoms with Gasteiger partial charge in [-0.3, -0.25) is 4.99 Å². The Labute approximate surface area is 126 Å². The normalized spacial score (nSPS) is 12.0. The molecule has 1 nitrogen and oxygen atoms in total. The number of aliphatic imine (C=N–C) groups is 1. The molecule has 0 unspecified atom stereocenters. The van der Waals surface area contributed by atoms with E-state index in [0.29, 0.717) is 0 Å². The number of aryl methyl sites for hydroxylation is 1. The molecule has 2 rings (SSSR count). The monoisotopic (exact) mass is 299 g/mol. The molecular formula is C17H21NSSi. The van der Waals surface area contributed by atoms with Crippen molar-refractivity contribution in [3.05, 3.63) is 59.7 Å². The highest BCUT2D eigenvalue weighted by Gasteiger charge is 2.14. The van der Waals surface area contributed by atoms with E-state index in [-0.39, 0.29) is 0 Å². The summed E-state index contributed by atoms with van der Waals surface area (Å²) in [5.74, 6) is 0. The Morgan fingerprint density at radius 2 is 1.50 bits per heavy atom. The van der Waals surface area contributed by atoms with Crippen LogP contribution in [0, 0.1) is 6.92 Å². The predicted molar refractivity (Wildman–Crippen MR) is 94.1 cm³/mol. The van der Waals surface area contributed by atoms with Gasteiger partial charge in [-0.05, 0) is 36.8 Å². The molecule has 3 heteroatoms. The number of benzene rings is 2. The van der Waals surface area contributed by atoms with Crippen molar-refractivity contribution >= 4 is 30.3 Å². The first-order chi connectivity index (χ1) is 9.42. The Balaban J connectivity index is 2.05. The summed E-state index contributed by atoms with van der Waals surface area (Å²) in [7, 11) is -1.11. The fraction of sp³-hybridized carbons (Fsp3) is 0.235. The van der Waals surface area contributed by atoms with Crippen LogP contribution >= 0.6 is 11.2 Å². The van der Waals surface area contributed by atoms with Crippen molar-refractivity contribution in [3.8, 4) is 0 Å². The van der Waals surface area contributed by atoms with Crippen molar-refractivity contribution in [3.63, 3.8) is 0 Å². The van der Waals surface area contributed by atoms with E-state index in [9.17, 15) is 0 Å². The van der Waals surface area contributed by atoms with Crippen LogP contribution in [0.5, 0.6) is 0 Å². The second kappa shape index (κ2) is 6.42. The lowest BCUT2D eigenvalue weighted by molar-refractivity contribution is 1.42. The molecule has 0 N–H and O–H groups in total. The summed E-state index contributed by atoms with van der Waals surface area (Å²) in [5, 5.41) is 0. The summed E-state index contributed by atoms with van der Waals surface area (Å²) < 4.78 is 0. The van der Waals surface area contributed by atoms with Gasteiger partial charge < -0.3 is 0 Å². The summed E-state index contributed by atoms with van der Waals surface area (Å²) in [4.78, 5) is 5.87. The van der Waals surface area contributed by atoms with E-state index in [2.05, 4.69) is 80.1 Å². The lowest BCUT2D eigenvalue weighted by Crippen LogP contribution is -2.13. The van der Waals surface area contributed by atoms with Crippen LogP contribution in [-0.2, 0) is 0 Å². The van der Waals surface area contributed by atoms with Crippen LogP contribution in [0.2, 0.25) is 19.6 Å². The van der Waals surface area contributed by atoms with Gasteiger partial charge in [0.05, 0.1) is 5.69 Å². The SMILES string of the molecule is Cc1ccc(/C=N/c2ccc(S[Si](C)(C)C)cc2)cc1. The first kappa shape index (κ1) is 15.1. The van der Waals surface area contributed by atoms with Gasteiger partial charge in [0.15, 0.2) is 0 Å². The van der Waals surface area contributed by atoms with Gasteiger partial charge in [0.1, 0.15) is 7.22 Å². The second-order valence-electron chi connectivity index (χ2n) is 5.88. The van der Waals surface area contributed by atoms with Crippen molar-refractivity contribution < 1.29 is 0 Å². The minimum Gasteiger partial charge on any atom is -0.256 e. The highest BCUT2D eigenvalue weighted by molar-refractivity contribution is 8.28. The molecule has 0 spiro atoms. The molecule has 0 aliphatic heterocycles. The zero-order chi connectivity index (χ0) is 14.6. The van der Waals surface area contributed by atoms with Crippen molar-refractivity contribution in [2.45, 2.75) is 31.5 Å². The Kier molecular flexibility index (Phi) is 4.84. The molecule has 0 aliphatic carbocycles. The van der Waals surface area contributed by atoms with Crippen LogP contribution in [0.15, 0.2) is 58.4 Å². The Morgan fingerprint density at radius 1 is 0.900 bits per heavy atom. The van der Waals surface area contributed by atoms with Crippen molar-refractivity contribution in [2.24, 2.45) is 4.99 Å². The standard InChI is InChI=1S/C17H21NSSi/c1-14-5-7-15(8-6-14)13-18-16-9-11-17(12-10-16)19-20(2,3)4/h5-13H,1-4H3/b18-13+. The lowest BCUT2D eigenvalue weighted by atomic mass is 10.2. The van der Waals surface area contributed by atoms with Gasteiger partial charge in [0, 0.05) is 11.1 Å². The molecule has 0 atom stereocenters. The van der Waals surface area contributed by atoms with Gasteiger partial charge in [0.25, 0.3) is 0 Å². The summed E-state index contributed by atoms with van der Waals surface area (Å²) in [6.07, 6.45) is 1.92. The molecule has 2 aromatic rings. The minimum absolute atomic E-state index is 1.01. The molecule has 0 saturated carbocycles. The van der Waals surface area contributed by atoms with Crippen molar-refractivity contribution in [1.82, 2.24) is 0 Å². The molecule has 104 valence electrons. The Bertz CT molecular complexity index is 580. The van der Waals surface area contributed by atoms with E-state index < -0.39 is 7.22 Å². The first-order valence-corrected chi connectivity index (χ1v) is 11.9. The smallest absolute Gasteiger partial charge is 0.114 e. The van der Waals surface area contributed by atoms with Crippen LogP contribution in [0.4, 0.5) is 5.69 Å². The Hall–Kier alpha value is -1.32. The molecule has 0 aromatic heterocycles. The molecule has 0 radical (unpaired) electrons. The number of rotatable bonds is 4. The van der Waals surface area contributed by atoms with Gasteiger partial charge in [-0.1, -0.05) is 49.5 Å². The molecule has 0 heterocycles. The van der Waals surface area contributed by atoms with Gasteiger partial charge in [0.2, 0.25) is 0 Å². The van der Waals surface area contributed by atoms with Gasteiger partial charge in [-0.2, -0.15) is 11.2 Å². The largest absolute Gasteiger partial charge is 0.256 e. The van der Waals surface area contributed by atoms with Crippen molar-refractivity contribution in [1.29, 1.82) is 0 Å². The lowest BCUT2D eigenvalue weighted by Gasteiger charge is -2.14. The van der Waals surface area contributed by atoms with E-state index >= 15 is 0 Å². The fourth-order valence-electron chi connectivity index (χ4n) is 1.76. The Morgan fingerprint density at radius 3 is 2.05 bits per heavy atom. The predicted octanol–water partition coefficient (Wildman–Crippen LogP) is 5.67. The summed E-state index contributed by atoms with van der Waals surface area (Å²) in [5.41, 5.74) is 3.41. The average molecular weight is 300 g/mol. The molecule has 2 aromatic carbocycles. The van der Waals surface area contributed by atoms with E-state index in [4.69, 9.17) is 0 Å².